The molecule has 0 aliphatic carbocycles. The molecule has 0 fully saturated rings. The van der Waals surface area contributed by atoms with Crippen molar-refractivity contribution >= 4 is 34.4 Å². The molecule has 0 amide bonds. The minimum atomic E-state index is 0.234. The third kappa shape index (κ3) is 1.91. The van der Waals surface area contributed by atoms with E-state index in [4.69, 9.17) is 23.2 Å². The lowest BCUT2D eigenvalue weighted by molar-refractivity contribution is 1.10. The fourth-order valence-electron chi connectivity index (χ4n) is 1.53. The molecule has 0 aliphatic rings. The van der Waals surface area contributed by atoms with Gasteiger partial charge in [-0.05, 0) is 13.0 Å². The van der Waals surface area contributed by atoms with Crippen LogP contribution in [0.2, 0.25) is 10.2 Å². The van der Waals surface area contributed by atoms with Crippen LogP contribution in [0.25, 0.3) is 22.7 Å². The first kappa shape index (κ1) is 11.4. The third-order valence-corrected chi connectivity index (χ3v) is 3.08. The quantitative estimate of drug-likeness (QED) is 0.696. The first-order valence-corrected chi connectivity index (χ1v) is 5.90. The molecule has 0 saturated carbocycles. The average molecular weight is 280 g/mol. The number of rotatable bonds is 1. The number of nitrogens with one attached hydrogen (secondary N) is 1. The normalized spacial score (nSPS) is 11.1. The van der Waals surface area contributed by atoms with Crippen molar-refractivity contribution in [3.63, 3.8) is 0 Å². The maximum absolute atomic E-state index is 5.89. The zero-order chi connectivity index (χ0) is 12.7. The van der Waals surface area contributed by atoms with Gasteiger partial charge in [0.15, 0.2) is 11.5 Å². The van der Waals surface area contributed by atoms with Crippen LogP contribution >= 0.6 is 23.2 Å². The summed E-state index contributed by atoms with van der Waals surface area (Å²) < 4.78 is 0. The maximum atomic E-state index is 5.89. The van der Waals surface area contributed by atoms with Gasteiger partial charge in [-0.15, -0.1) is 0 Å². The monoisotopic (exact) mass is 279 g/mol. The van der Waals surface area contributed by atoms with Crippen molar-refractivity contribution in [2.45, 2.75) is 6.92 Å². The van der Waals surface area contributed by atoms with Crippen LogP contribution in [0.15, 0.2) is 18.5 Å². The van der Waals surface area contributed by atoms with Crippen molar-refractivity contribution in [1.29, 1.82) is 0 Å². The fourth-order valence-corrected chi connectivity index (χ4v) is 1.82. The van der Waals surface area contributed by atoms with Crippen molar-refractivity contribution in [2.75, 3.05) is 0 Å². The molecule has 3 rings (SSSR count). The van der Waals surface area contributed by atoms with Gasteiger partial charge in [0.1, 0.15) is 10.8 Å². The molecule has 0 unspecified atom stereocenters. The van der Waals surface area contributed by atoms with Crippen LogP contribution in [0.5, 0.6) is 0 Å². The summed E-state index contributed by atoms with van der Waals surface area (Å²) in [7, 11) is 0. The highest BCUT2D eigenvalue weighted by molar-refractivity contribution is 6.41. The predicted molar refractivity (Wildman–Crippen MR) is 69.7 cm³/mol. The average Bonchev–Trinajstić information content (AvgIpc) is 2.73. The van der Waals surface area contributed by atoms with Crippen molar-refractivity contribution in [1.82, 2.24) is 24.9 Å². The highest BCUT2D eigenvalue weighted by Crippen LogP contribution is 2.25. The number of hydrogen-bond donors (Lipinski definition) is 1. The smallest absolute Gasteiger partial charge is 0.179 e. The Labute approximate surface area is 112 Å². The summed E-state index contributed by atoms with van der Waals surface area (Å²) in [6.45, 7) is 1.87. The van der Waals surface area contributed by atoms with Gasteiger partial charge in [-0.3, -0.25) is 4.98 Å². The number of pyridine rings is 1. The minimum absolute atomic E-state index is 0.234. The third-order valence-electron chi connectivity index (χ3n) is 2.41. The molecular formula is C11H7Cl2N5. The van der Waals surface area contributed by atoms with Crippen molar-refractivity contribution in [2.24, 2.45) is 0 Å². The van der Waals surface area contributed by atoms with Gasteiger partial charge >= 0.3 is 0 Å². The van der Waals surface area contributed by atoms with Gasteiger partial charge < -0.3 is 4.98 Å². The molecule has 0 saturated heterocycles. The lowest BCUT2D eigenvalue weighted by atomic mass is 10.4. The maximum Gasteiger partial charge on any atom is 0.179 e. The standard InChI is InChI=1S/C11H7Cl2N5/c1-5-3-15-8(4-14-5)11-16-7-2-6(12)9(13)17-10(7)18-11/h2-4H,1H3,(H,16,17,18). The van der Waals surface area contributed by atoms with Gasteiger partial charge in [0.05, 0.1) is 22.4 Å². The highest BCUT2D eigenvalue weighted by Gasteiger charge is 2.10. The van der Waals surface area contributed by atoms with Gasteiger partial charge in [-0.25, -0.2) is 15.0 Å². The van der Waals surface area contributed by atoms with E-state index in [-0.39, 0.29) is 5.15 Å². The van der Waals surface area contributed by atoms with Gasteiger partial charge in [0.25, 0.3) is 0 Å². The number of aromatic amines is 1. The summed E-state index contributed by atoms with van der Waals surface area (Å²) >= 11 is 11.7. The lowest BCUT2D eigenvalue weighted by Crippen LogP contribution is -1.89. The first-order chi connectivity index (χ1) is 8.63. The van der Waals surface area contributed by atoms with E-state index < -0.39 is 0 Å². The molecule has 18 heavy (non-hydrogen) atoms. The van der Waals surface area contributed by atoms with Gasteiger partial charge in [-0.2, -0.15) is 0 Å². The van der Waals surface area contributed by atoms with Crippen molar-refractivity contribution in [3.8, 4) is 11.5 Å². The van der Waals surface area contributed by atoms with Crippen molar-refractivity contribution in [3.05, 3.63) is 34.3 Å². The molecule has 0 bridgehead atoms. The molecule has 7 heteroatoms. The molecule has 3 aromatic heterocycles. The number of fused-ring (bicyclic) bond motifs is 1. The SMILES string of the molecule is Cc1cnc(-c2nc3nc(Cl)c(Cl)cc3[nH]2)cn1. The summed E-state index contributed by atoms with van der Waals surface area (Å²) in [4.78, 5) is 19.9. The number of aromatic nitrogens is 5. The van der Waals surface area contributed by atoms with Gasteiger partial charge in [0, 0.05) is 6.20 Å². The summed E-state index contributed by atoms with van der Waals surface area (Å²) in [6, 6.07) is 1.68. The van der Waals surface area contributed by atoms with E-state index in [2.05, 4.69) is 24.9 Å². The second-order valence-electron chi connectivity index (χ2n) is 3.76. The van der Waals surface area contributed by atoms with Crippen molar-refractivity contribution < 1.29 is 0 Å². The molecule has 3 heterocycles. The fraction of sp³-hybridized carbons (Fsp3) is 0.0909. The molecule has 90 valence electrons. The van der Waals surface area contributed by atoms with E-state index in [1.54, 1.807) is 18.5 Å². The van der Waals surface area contributed by atoms with Crippen LogP contribution in [0.1, 0.15) is 5.69 Å². The second-order valence-corrected chi connectivity index (χ2v) is 4.53. The van der Waals surface area contributed by atoms with E-state index in [1.807, 2.05) is 6.92 Å². The number of nitrogens with zero attached hydrogens (tertiary/aromatic N) is 4. The largest absolute Gasteiger partial charge is 0.335 e. The second kappa shape index (κ2) is 4.19. The molecule has 1 N–H and O–H groups in total. The number of H-pyrrole nitrogens is 1. The highest BCUT2D eigenvalue weighted by atomic mass is 35.5. The Morgan fingerprint density at radius 2 is 1.94 bits per heavy atom. The lowest BCUT2D eigenvalue weighted by Gasteiger charge is -1.94. The molecule has 0 aliphatic heterocycles. The Bertz CT molecular complexity index is 681. The number of imidazole rings is 1. The predicted octanol–water partition coefficient (Wildman–Crippen LogP) is 3.03. The summed E-state index contributed by atoms with van der Waals surface area (Å²) in [5.41, 5.74) is 2.70. The molecule has 0 aromatic carbocycles. The summed E-state index contributed by atoms with van der Waals surface area (Å²) in [5, 5.41) is 0.617. The molecule has 3 aromatic rings. The van der Waals surface area contributed by atoms with Crippen LogP contribution in [-0.2, 0) is 0 Å². The van der Waals surface area contributed by atoms with E-state index in [1.165, 1.54) is 0 Å². The zero-order valence-corrected chi connectivity index (χ0v) is 10.8. The van der Waals surface area contributed by atoms with E-state index in [9.17, 15) is 0 Å². The molecule has 5 nitrogen and oxygen atoms in total. The Kier molecular flexibility index (Phi) is 2.65. The summed E-state index contributed by atoms with van der Waals surface area (Å²) in [6.07, 6.45) is 3.33. The number of aryl methyl sites for hydroxylation is 1. The Morgan fingerprint density at radius 1 is 1.11 bits per heavy atom. The van der Waals surface area contributed by atoms with Gasteiger partial charge in [0.2, 0.25) is 0 Å². The Balaban J connectivity index is 2.16. The van der Waals surface area contributed by atoms with Gasteiger partial charge in [-0.1, -0.05) is 23.2 Å². The van der Waals surface area contributed by atoms with Crippen LogP contribution < -0.4 is 0 Å². The first-order valence-electron chi connectivity index (χ1n) is 5.14. The Hall–Kier alpha value is -1.72. The Morgan fingerprint density at radius 3 is 2.67 bits per heavy atom. The summed E-state index contributed by atoms with van der Waals surface area (Å²) in [5.74, 6) is 0.586. The van der Waals surface area contributed by atoms with Crippen LogP contribution in [0.4, 0.5) is 0 Å². The van der Waals surface area contributed by atoms with Crippen LogP contribution in [0.3, 0.4) is 0 Å². The van der Waals surface area contributed by atoms with Crippen LogP contribution in [-0.4, -0.2) is 24.9 Å². The van der Waals surface area contributed by atoms with E-state index in [0.29, 0.717) is 27.7 Å². The minimum Gasteiger partial charge on any atom is -0.335 e. The van der Waals surface area contributed by atoms with Crippen LogP contribution in [0, 0.1) is 6.92 Å². The molecule has 0 spiro atoms. The van der Waals surface area contributed by atoms with E-state index in [0.717, 1.165) is 5.69 Å². The zero-order valence-electron chi connectivity index (χ0n) is 9.28. The topological polar surface area (TPSA) is 67.3 Å². The number of hydrogen-bond acceptors (Lipinski definition) is 4. The molecule has 0 atom stereocenters. The molecular weight excluding hydrogens is 273 g/mol. The van der Waals surface area contributed by atoms with E-state index >= 15 is 0 Å². The number of halogens is 2. The molecule has 0 radical (unpaired) electrons.